The van der Waals surface area contributed by atoms with Gasteiger partial charge in [0.1, 0.15) is 0 Å². The molecule has 0 unspecified atom stereocenters. The molecule has 2 N–H and O–H groups in total. The summed E-state index contributed by atoms with van der Waals surface area (Å²) in [6.45, 7) is 3.06. The lowest BCUT2D eigenvalue weighted by Crippen LogP contribution is -2.37. The topological polar surface area (TPSA) is 26.0 Å². The van der Waals surface area contributed by atoms with E-state index in [1.54, 1.807) is 0 Å². The van der Waals surface area contributed by atoms with Crippen molar-refractivity contribution in [3.8, 4) is 0 Å². The minimum Gasteiger partial charge on any atom is -0.330 e. The molecule has 0 heterocycles. The van der Waals surface area contributed by atoms with Crippen molar-refractivity contribution in [2.45, 2.75) is 58.3 Å². The Morgan fingerprint density at radius 1 is 1.33 bits per heavy atom. The average molecular weight is 373 g/mol. The van der Waals surface area contributed by atoms with Crippen LogP contribution >= 0.6 is 27.5 Å². The third kappa shape index (κ3) is 4.71. The average Bonchev–Trinajstić information content (AvgIpc) is 2.49. The molecule has 118 valence electrons. The molecule has 3 heteroatoms. The predicted octanol–water partition coefficient (Wildman–Crippen LogP) is 5.97. The molecule has 21 heavy (non-hydrogen) atoms. The molecular formula is C18H27BrClN. The molecule has 1 aromatic rings. The second-order valence-corrected chi connectivity index (χ2v) is 8.03. The molecule has 0 spiro atoms. The number of hydrogen-bond donors (Lipinski definition) is 1. The summed E-state index contributed by atoms with van der Waals surface area (Å²) in [5, 5.41) is 0.866. The molecule has 1 nitrogen and oxygen atoms in total. The van der Waals surface area contributed by atoms with Crippen LogP contribution in [-0.4, -0.2) is 6.54 Å². The number of halogens is 2. The number of nitrogens with two attached hydrogens (primary N) is 1. The lowest BCUT2D eigenvalue weighted by Gasteiger charge is -2.40. The van der Waals surface area contributed by atoms with Gasteiger partial charge in [0.2, 0.25) is 0 Å². The van der Waals surface area contributed by atoms with E-state index in [0.717, 1.165) is 28.4 Å². The van der Waals surface area contributed by atoms with Crippen LogP contribution in [-0.2, 0) is 6.42 Å². The molecule has 0 aliphatic heterocycles. The molecular weight excluding hydrogens is 346 g/mol. The van der Waals surface area contributed by atoms with Crippen molar-refractivity contribution in [2.24, 2.45) is 17.1 Å². The van der Waals surface area contributed by atoms with Gasteiger partial charge in [-0.2, -0.15) is 0 Å². The Labute approximate surface area is 142 Å². The molecule has 0 atom stereocenters. The molecule has 0 radical (unpaired) electrons. The normalized spacial score (nSPS) is 26.0. The van der Waals surface area contributed by atoms with Gasteiger partial charge >= 0.3 is 0 Å². The van der Waals surface area contributed by atoms with Crippen LogP contribution in [0.25, 0.3) is 0 Å². The highest BCUT2D eigenvalue weighted by Crippen LogP contribution is 2.43. The Morgan fingerprint density at radius 2 is 2.05 bits per heavy atom. The summed E-state index contributed by atoms with van der Waals surface area (Å²) in [6, 6.07) is 6.22. The Hall–Kier alpha value is -0.0500. The maximum atomic E-state index is 6.39. The quantitative estimate of drug-likeness (QED) is 0.654. The summed E-state index contributed by atoms with van der Waals surface area (Å²) in [5.41, 5.74) is 7.67. The van der Waals surface area contributed by atoms with Gasteiger partial charge in [0.05, 0.1) is 0 Å². The smallest absolute Gasteiger partial charge is 0.0449 e. The minimum absolute atomic E-state index is 0.264. The van der Waals surface area contributed by atoms with Gasteiger partial charge in [0, 0.05) is 9.50 Å². The van der Waals surface area contributed by atoms with Crippen molar-refractivity contribution in [1.29, 1.82) is 0 Å². The number of hydrogen-bond acceptors (Lipinski definition) is 1. The van der Waals surface area contributed by atoms with Crippen LogP contribution < -0.4 is 5.73 Å². The minimum atomic E-state index is 0.264. The third-order valence-electron chi connectivity index (χ3n) is 5.15. The van der Waals surface area contributed by atoms with Gasteiger partial charge in [-0.25, -0.2) is 0 Å². The summed E-state index contributed by atoms with van der Waals surface area (Å²) >= 11 is 9.87. The summed E-state index contributed by atoms with van der Waals surface area (Å²) in [5.74, 6) is 0.921. The summed E-state index contributed by atoms with van der Waals surface area (Å²) < 4.78 is 1.04. The van der Waals surface area contributed by atoms with Gasteiger partial charge in [-0.3, -0.25) is 0 Å². The van der Waals surface area contributed by atoms with Crippen LogP contribution in [0.1, 0.15) is 57.4 Å². The van der Waals surface area contributed by atoms with E-state index in [9.17, 15) is 0 Å². The Bertz CT molecular complexity index is 453. The fraction of sp³-hybridized carbons (Fsp3) is 0.667. The maximum absolute atomic E-state index is 6.39. The second-order valence-electron chi connectivity index (χ2n) is 6.70. The lowest BCUT2D eigenvalue weighted by molar-refractivity contribution is 0.150. The van der Waals surface area contributed by atoms with Crippen LogP contribution in [0.4, 0.5) is 0 Å². The van der Waals surface area contributed by atoms with E-state index in [2.05, 4.69) is 35.0 Å². The molecule has 0 aromatic heterocycles. The van der Waals surface area contributed by atoms with E-state index >= 15 is 0 Å². The highest BCUT2D eigenvalue weighted by molar-refractivity contribution is 9.10. The largest absolute Gasteiger partial charge is 0.330 e. The third-order valence-corrected chi connectivity index (χ3v) is 5.99. The van der Waals surface area contributed by atoms with E-state index in [-0.39, 0.29) is 5.41 Å². The van der Waals surface area contributed by atoms with E-state index < -0.39 is 0 Å². The van der Waals surface area contributed by atoms with Gasteiger partial charge in [0.15, 0.2) is 0 Å². The van der Waals surface area contributed by atoms with Crippen molar-refractivity contribution in [3.63, 3.8) is 0 Å². The van der Waals surface area contributed by atoms with Crippen molar-refractivity contribution in [1.82, 2.24) is 0 Å². The van der Waals surface area contributed by atoms with Gasteiger partial charge in [0.25, 0.3) is 0 Å². The van der Waals surface area contributed by atoms with Gasteiger partial charge in [-0.05, 0) is 67.7 Å². The molecule has 0 bridgehead atoms. The van der Waals surface area contributed by atoms with Crippen LogP contribution in [0.5, 0.6) is 0 Å². The van der Waals surface area contributed by atoms with Gasteiger partial charge in [-0.15, -0.1) is 0 Å². The first-order chi connectivity index (χ1) is 10.1. The standard InChI is InChI=1S/C18H27BrClN/c1-2-3-4-14-7-9-18(13-21,10-8-14)12-15-5-6-16(19)11-17(15)20/h5-6,11,14H,2-4,7-10,12-13,21H2,1H3. The molecule has 0 saturated heterocycles. The Morgan fingerprint density at radius 3 is 2.62 bits per heavy atom. The first-order valence-electron chi connectivity index (χ1n) is 8.22. The fourth-order valence-electron chi connectivity index (χ4n) is 3.59. The molecule has 0 amide bonds. The van der Waals surface area contributed by atoms with Crippen molar-refractivity contribution >= 4 is 27.5 Å². The number of rotatable bonds is 6. The number of benzene rings is 1. The molecule has 1 aliphatic carbocycles. The molecule has 1 aliphatic rings. The molecule has 2 rings (SSSR count). The number of unbranched alkanes of at least 4 members (excludes halogenated alkanes) is 1. The van der Waals surface area contributed by atoms with Crippen LogP contribution in [0.15, 0.2) is 22.7 Å². The highest BCUT2D eigenvalue weighted by atomic mass is 79.9. The Balaban J connectivity index is 1.99. The zero-order valence-corrected chi connectivity index (χ0v) is 15.3. The second kappa shape index (κ2) is 7.99. The van der Waals surface area contributed by atoms with E-state index in [1.165, 1.54) is 50.5 Å². The van der Waals surface area contributed by atoms with E-state index in [4.69, 9.17) is 17.3 Å². The maximum Gasteiger partial charge on any atom is 0.0449 e. The predicted molar refractivity (Wildman–Crippen MR) is 95.8 cm³/mol. The summed E-state index contributed by atoms with van der Waals surface area (Å²) in [6.07, 6.45) is 10.3. The lowest BCUT2D eigenvalue weighted by atomic mass is 9.66. The fourth-order valence-corrected chi connectivity index (χ4v) is 4.33. The van der Waals surface area contributed by atoms with Crippen molar-refractivity contribution < 1.29 is 0 Å². The monoisotopic (exact) mass is 371 g/mol. The zero-order valence-electron chi connectivity index (χ0n) is 13.0. The molecule has 1 aromatic carbocycles. The molecule has 1 saturated carbocycles. The first-order valence-corrected chi connectivity index (χ1v) is 9.39. The van der Waals surface area contributed by atoms with Crippen molar-refractivity contribution in [2.75, 3.05) is 6.54 Å². The van der Waals surface area contributed by atoms with Crippen LogP contribution in [0, 0.1) is 11.3 Å². The van der Waals surface area contributed by atoms with E-state index in [1.807, 2.05) is 6.07 Å². The SMILES string of the molecule is CCCCC1CCC(CN)(Cc2ccc(Br)cc2Cl)CC1. The van der Waals surface area contributed by atoms with Crippen molar-refractivity contribution in [3.05, 3.63) is 33.3 Å². The van der Waals surface area contributed by atoms with Gasteiger partial charge in [-0.1, -0.05) is 59.8 Å². The van der Waals surface area contributed by atoms with Crippen LogP contribution in [0.3, 0.4) is 0 Å². The Kier molecular flexibility index (Phi) is 6.58. The summed E-state index contributed by atoms with van der Waals surface area (Å²) in [7, 11) is 0. The molecule has 1 fully saturated rings. The zero-order chi connectivity index (χ0) is 15.3. The summed E-state index contributed by atoms with van der Waals surface area (Å²) in [4.78, 5) is 0. The van der Waals surface area contributed by atoms with Gasteiger partial charge < -0.3 is 5.73 Å². The van der Waals surface area contributed by atoms with Crippen LogP contribution in [0.2, 0.25) is 5.02 Å². The van der Waals surface area contributed by atoms with E-state index in [0.29, 0.717) is 0 Å². The highest BCUT2D eigenvalue weighted by Gasteiger charge is 2.34. The first kappa shape index (κ1) is 17.3.